The molecule has 5 nitrogen and oxygen atoms in total. The number of benzene rings is 2. The molecule has 0 radical (unpaired) electrons. The van der Waals surface area contributed by atoms with Crippen LogP contribution in [0.2, 0.25) is 0 Å². The van der Waals surface area contributed by atoms with Crippen LogP contribution in [0, 0.1) is 0 Å². The Morgan fingerprint density at radius 3 is 2.09 bits per heavy atom. The number of hydrogen-bond acceptors (Lipinski definition) is 3. The third-order valence-electron chi connectivity index (χ3n) is 6.06. The Morgan fingerprint density at radius 1 is 0.531 bits per heavy atom. The van der Waals surface area contributed by atoms with Crippen LogP contribution in [0.5, 0.6) is 0 Å². The van der Waals surface area contributed by atoms with E-state index in [4.69, 9.17) is 9.97 Å². The Balaban J connectivity index is 1.71. The van der Waals surface area contributed by atoms with E-state index in [1.807, 2.05) is 42.9 Å². The summed E-state index contributed by atoms with van der Waals surface area (Å²) in [6.07, 6.45) is 5.49. The number of nitrogens with zero attached hydrogens (tertiary/aromatic N) is 5. The lowest BCUT2D eigenvalue weighted by molar-refractivity contribution is 1.10. The van der Waals surface area contributed by atoms with Gasteiger partial charge >= 0.3 is 0 Å². The molecule has 0 saturated carbocycles. The number of rotatable bonds is 2. The smallest absolute Gasteiger partial charge is 0.149 e. The van der Waals surface area contributed by atoms with Crippen LogP contribution < -0.4 is 0 Å². The van der Waals surface area contributed by atoms with Gasteiger partial charge in [0, 0.05) is 40.4 Å². The lowest BCUT2D eigenvalue weighted by Crippen LogP contribution is -1.98. The second kappa shape index (κ2) is 6.49. The number of para-hydroxylation sites is 2. The zero-order chi connectivity index (χ0) is 21.1. The number of aromatic nitrogens is 5. The first-order chi connectivity index (χ1) is 15.9. The maximum Gasteiger partial charge on any atom is 0.149 e. The van der Waals surface area contributed by atoms with Crippen LogP contribution in [-0.4, -0.2) is 24.1 Å². The van der Waals surface area contributed by atoms with E-state index in [1.165, 1.54) is 5.39 Å². The van der Waals surface area contributed by atoms with E-state index in [0.29, 0.717) is 0 Å². The third-order valence-corrected chi connectivity index (χ3v) is 6.06. The average Bonchev–Trinajstić information content (AvgIpc) is 3.36. The van der Waals surface area contributed by atoms with E-state index in [-0.39, 0.29) is 0 Å². The molecule has 5 heterocycles. The molecule has 0 fully saturated rings. The standard InChI is InChI=1S/C27H17N5/c1-2-7-18(8-3-1)32-24-11-6-14-29-25(24)22-17-21-20-9-4-5-10-23(20)31(26(21)30-27(22)32)19-12-15-28-16-13-19/h1-17H. The molecule has 32 heavy (non-hydrogen) atoms. The highest BCUT2D eigenvalue weighted by Gasteiger charge is 2.19. The van der Waals surface area contributed by atoms with Gasteiger partial charge in [0.25, 0.3) is 0 Å². The molecule has 0 aliphatic heterocycles. The van der Waals surface area contributed by atoms with Gasteiger partial charge in [-0.05, 0) is 48.5 Å². The fraction of sp³-hybridized carbons (Fsp3) is 0. The molecule has 0 aliphatic rings. The van der Waals surface area contributed by atoms with E-state index in [0.717, 1.165) is 50.0 Å². The maximum atomic E-state index is 5.27. The van der Waals surface area contributed by atoms with Crippen molar-refractivity contribution in [2.24, 2.45) is 0 Å². The first-order valence-corrected chi connectivity index (χ1v) is 10.6. The average molecular weight is 411 g/mol. The van der Waals surface area contributed by atoms with E-state index in [2.05, 4.69) is 74.8 Å². The minimum atomic E-state index is 0.899. The minimum absolute atomic E-state index is 0.899. The molecule has 2 aromatic carbocycles. The highest BCUT2D eigenvalue weighted by molar-refractivity contribution is 6.15. The zero-order valence-electron chi connectivity index (χ0n) is 17.1. The van der Waals surface area contributed by atoms with Gasteiger partial charge in [0.15, 0.2) is 0 Å². The van der Waals surface area contributed by atoms with E-state index >= 15 is 0 Å². The first kappa shape index (κ1) is 17.2. The van der Waals surface area contributed by atoms with Crippen LogP contribution in [0.4, 0.5) is 0 Å². The largest absolute Gasteiger partial charge is 0.294 e. The Kier molecular flexibility index (Phi) is 3.49. The molecule has 5 aromatic heterocycles. The lowest BCUT2D eigenvalue weighted by Gasteiger charge is -2.08. The predicted octanol–water partition coefficient (Wildman–Crippen LogP) is 6.07. The zero-order valence-corrected chi connectivity index (χ0v) is 17.1. The summed E-state index contributed by atoms with van der Waals surface area (Å²) in [5.74, 6) is 0. The Labute approximate surface area is 183 Å². The molecule has 0 spiro atoms. The van der Waals surface area contributed by atoms with Crippen LogP contribution in [-0.2, 0) is 0 Å². The molecule has 0 unspecified atom stereocenters. The van der Waals surface area contributed by atoms with Crippen LogP contribution >= 0.6 is 0 Å². The Bertz CT molecular complexity index is 1630. The summed E-state index contributed by atoms with van der Waals surface area (Å²) >= 11 is 0. The summed E-state index contributed by atoms with van der Waals surface area (Å²) in [4.78, 5) is 14.2. The Hall–Kier alpha value is -4.51. The molecule has 0 bridgehead atoms. The van der Waals surface area contributed by atoms with Gasteiger partial charge in [0.05, 0.1) is 22.2 Å². The maximum absolute atomic E-state index is 5.27. The van der Waals surface area contributed by atoms with Crippen molar-refractivity contribution < 1.29 is 0 Å². The normalized spacial score (nSPS) is 11.8. The summed E-state index contributed by atoms with van der Waals surface area (Å²) in [5, 5.41) is 3.34. The van der Waals surface area contributed by atoms with Crippen molar-refractivity contribution in [2.45, 2.75) is 0 Å². The molecule has 5 heteroatoms. The molecule has 150 valence electrons. The van der Waals surface area contributed by atoms with Gasteiger partial charge in [-0.1, -0.05) is 36.4 Å². The van der Waals surface area contributed by atoms with Crippen molar-refractivity contribution in [3.63, 3.8) is 0 Å². The predicted molar refractivity (Wildman–Crippen MR) is 129 cm³/mol. The molecule has 0 saturated heterocycles. The fourth-order valence-corrected chi connectivity index (χ4v) is 4.71. The third kappa shape index (κ3) is 2.30. The molecular formula is C27H17N5. The van der Waals surface area contributed by atoms with Gasteiger partial charge in [-0.15, -0.1) is 0 Å². The molecule has 7 aromatic rings. The van der Waals surface area contributed by atoms with Crippen molar-refractivity contribution in [3.05, 3.63) is 104 Å². The minimum Gasteiger partial charge on any atom is -0.294 e. The van der Waals surface area contributed by atoms with Crippen molar-refractivity contribution >= 4 is 44.0 Å². The van der Waals surface area contributed by atoms with Gasteiger partial charge in [-0.25, -0.2) is 4.98 Å². The molecule has 0 N–H and O–H groups in total. The molecule has 0 aliphatic carbocycles. The van der Waals surface area contributed by atoms with E-state index in [9.17, 15) is 0 Å². The summed E-state index contributed by atoms with van der Waals surface area (Å²) < 4.78 is 4.41. The topological polar surface area (TPSA) is 48.5 Å². The number of fused-ring (bicyclic) bond motifs is 6. The first-order valence-electron chi connectivity index (χ1n) is 10.6. The molecule has 0 atom stereocenters. The fourth-order valence-electron chi connectivity index (χ4n) is 4.71. The SMILES string of the molecule is c1ccc(-n2c3cccnc3c3cc4c5ccccc5n(-c5ccncc5)c4nc32)cc1. The molecule has 7 rings (SSSR count). The van der Waals surface area contributed by atoms with Gasteiger partial charge in [-0.2, -0.15) is 0 Å². The van der Waals surface area contributed by atoms with Gasteiger partial charge in [-0.3, -0.25) is 19.1 Å². The van der Waals surface area contributed by atoms with Crippen molar-refractivity contribution in [1.82, 2.24) is 24.1 Å². The van der Waals surface area contributed by atoms with Crippen LogP contribution in [0.15, 0.2) is 104 Å². The quantitative estimate of drug-likeness (QED) is 0.347. The summed E-state index contributed by atoms with van der Waals surface area (Å²) in [6, 6.07) is 29.2. The molecular weight excluding hydrogens is 394 g/mol. The summed E-state index contributed by atoms with van der Waals surface area (Å²) in [7, 11) is 0. The van der Waals surface area contributed by atoms with Crippen molar-refractivity contribution in [3.8, 4) is 11.4 Å². The lowest BCUT2D eigenvalue weighted by atomic mass is 10.1. The number of pyridine rings is 3. The van der Waals surface area contributed by atoms with Gasteiger partial charge < -0.3 is 0 Å². The monoisotopic (exact) mass is 411 g/mol. The summed E-state index contributed by atoms with van der Waals surface area (Å²) in [5.41, 5.74) is 7.06. The van der Waals surface area contributed by atoms with Gasteiger partial charge in [0.1, 0.15) is 11.3 Å². The summed E-state index contributed by atoms with van der Waals surface area (Å²) in [6.45, 7) is 0. The van der Waals surface area contributed by atoms with Crippen molar-refractivity contribution in [1.29, 1.82) is 0 Å². The second-order valence-electron chi connectivity index (χ2n) is 7.83. The van der Waals surface area contributed by atoms with Crippen LogP contribution in [0.25, 0.3) is 55.4 Å². The molecule has 0 amide bonds. The van der Waals surface area contributed by atoms with E-state index in [1.54, 1.807) is 0 Å². The highest BCUT2D eigenvalue weighted by Crippen LogP contribution is 2.36. The Morgan fingerprint density at radius 2 is 1.22 bits per heavy atom. The van der Waals surface area contributed by atoms with Crippen LogP contribution in [0.3, 0.4) is 0 Å². The van der Waals surface area contributed by atoms with Gasteiger partial charge in [0.2, 0.25) is 0 Å². The van der Waals surface area contributed by atoms with E-state index < -0.39 is 0 Å². The van der Waals surface area contributed by atoms with Crippen molar-refractivity contribution in [2.75, 3.05) is 0 Å². The number of hydrogen-bond donors (Lipinski definition) is 0. The highest BCUT2D eigenvalue weighted by atomic mass is 15.1. The van der Waals surface area contributed by atoms with Crippen LogP contribution in [0.1, 0.15) is 0 Å². The second-order valence-corrected chi connectivity index (χ2v) is 7.83.